The molecule has 2 N–H and O–H groups in total. The Morgan fingerprint density at radius 3 is 2.36 bits per heavy atom. The largest absolute Gasteiger partial charge is 0.490 e. The van der Waals surface area contributed by atoms with Crippen molar-refractivity contribution in [3.8, 4) is 11.5 Å². The van der Waals surface area contributed by atoms with Gasteiger partial charge in [-0.15, -0.1) is 0 Å². The highest BCUT2D eigenvalue weighted by molar-refractivity contribution is 5.89. The molecular formula is C17H17F3N2O3. The molecule has 0 aliphatic rings. The SMILES string of the molecule is CCOc1ccccc1OCNC(=O)Nc1cccc(C(F)(F)F)c1. The van der Waals surface area contributed by atoms with Crippen molar-refractivity contribution in [2.45, 2.75) is 13.1 Å². The number of alkyl halides is 3. The summed E-state index contributed by atoms with van der Waals surface area (Å²) in [7, 11) is 0. The quantitative estimate of drug-likeness (QED) is 0.762. The Hall–Kier alpha value is -2.90. The predicted molar refractivity (Wildman–Crippen MR) is 86.7 cm³/mol. The molecule has 0 radical (unpaired) electrons. The monoisotopic (exact) mass is 354 g/mol. The summed E-state index contributed by atoms with van der Waals surface area (Å²) in [5.74, 6) is 0.980. The van der Waals surface area contributed by atoms with E-state index in [2.05, 4.69) is 10.6 Å². The predicted octanol–water partition coefficient (Wildman–Crippen LogP) is 4.26. The molecule has 2 aromatic rings. The van der Waals surface area contributed by atoms with Crippen molar-refractivity contribution in [1.82, 2.24) is 5.32 Å². The third-order valence-corrected chi connectivity index (χ3v) is 3.06. The lowest BCUT2D eigenvalue weighted by Crippen LogP contribution is -2.32. The van der Waals surface area contributed by atoms with Crippen LogP contribution in [0.4, 0.5) is 23.7 Å². The highest BCUT2D eigenvalue weighted by Crippen LogP contribution is 2.30. The Labute approximate surface area is 142 Å². The van der Waals surface area contributed by atoms with Gasteiger partial charge in [0.15, 0.2) is 18.2 Å². The fraction of sp³-hybridized carbons (Fsp3) is 0.235. The van der Waals surface area contributed by atoms with Gasteiger partial charge in [-0.1, -0.05) is 18.2 Å². The third kappa shape index (κ3) is 5.59. The summed E-state index contributed by atoms with van der Waals surface area (Å²) in [5, 5.41) is 4.72. The number of ether oxygens (including phenoxy) is 2. The lowest BCUT2D eigenvalue weighted by Gasteiger charge is -2.13. The zero-order valence-electron chi connectivity index (χ0n) is 13.4. The van der Waals surface area contributed by atoms with E-state index < -0.39 is 17.8 Å². The van der Waals surface area contributed by atoms with Gasteiger partial charge in [0, 0.05) is 5.69 Å². The van der Waals surface area contributed by atoms with E-state index >= 15 is 0 Å². The maximum atomic E-state index is 12.6. The Kier molecular flexibility index (Phi) is 6.10. The van der Waals surface area contributed by atoms with Crippen LogP contribution in [0, 0.1) is 0 Å². The first-order chi connectivity index (χ1) is 11.9. The number of carbonyl (C=O) groups excluding carboxylic acids is 1. The molecule has 0 heterocycles. The molecule has 2 amide bonds. The van der Waals surface area contributed by atoms with Crippen LogP contribution in [0.5, 0.6) is 11.5 Å². The number of para-hydroxylation sites is 2. The van der Waals surface area contributed by atoms with Crippen molar-refractivity contribution >= 4 is 11.7 Å². The van der Waals surface area contributed by atoms with Crippen LogP contribution in [0.25, 0.3) is 0 Å². The van der Waals surface area contributed by atoms with E-state index in [0.717, 1.165) is 12.1 Å². The van der Waals surface area contributed by atoms with Gasteiger partial charge in [-0.05, 0) is 37.3 Å². The maximum Gasteiger partial charge on any atom is 0.416 e. The summed E-state index contributed by atoms with van der Waals surface area (Å²) in [6, 6.07) is 10.6. The fourth-order valence-corrected chi connectivity index (χ4v) is 1.97. The van der Waals surface area contributed by atoms with Crippen molar-refractivity contribution in [3.05, 3.63) is 54.1 Å². The van der Waals surface area contributed by atoms with Crippen LogP contribution in [-0.4, -0.2) is 19.4 Å². The Morgan fingerprint density at radius 2 is 1.72 bits per heavy atom. The van der Waals surface area contributed by atoms with E-state index in [1.54, 1.807) is 24.3 Å². The van der Waals surface area contributed by atoms with Crippen LogP contribution in [0.2, 0.25) is 0 Å². The number of halogens is 3. The second-order valence-electron chi connectivity index (χ2n) is 4.88. The molecule has 0 unspecified atom stereocenters. The van der Waals surface area contributed by atoms with E-state index in [-0.39, 0.29) is 12.4 Å². The average molecular weight is 354 g/mol. The zero-order valence-corrected chi connectivity index (χ0v) is 13.4. The Balaban J connectivity index is 1.87. The molecule has 0 bridgehead atoms. The molecule has 0 aliphatic carbocycles. The molecule has 0 aliphatic heterocycles. The fourth-order valence-electron chi connectivity index (χ4n) is 1.97. The average Bonchev–Trinajstić information content (AvgIpc) is 2.56. The first-order valence-electron chi connectivity index (χ1n) is 7.47. The van der Waals surface area contributed by atoms with Crippen molar-refractivity contribution in [1.29, 1.82) is 0 Å². The normalized spacial score (nSPS) is 10.9. The lowest BCUT2D eigenvalue weighted by atomic mass is 10.2. The lowest BCUT2D eigenvalue weighted by molar-refractivity contribution is -0.137. The summed E-state index contributed by atoms with van der Waals surface area (Å²) in [6.45, 7) is 2.12. The van der Waals surface area contributed by atoms with E-state index in [1.165, 1.54) is 12.1 Å². The van der Waals surface area contributed by atoms with E-state index in [4.69, 9.17) is 9.47 Å². The van der Waals surface area contributed by atoms with E-state index in [0.29, 0.717) is 18.1 Å². The van der Waals surface area contributed by atoms with Gasteiger partial charge >= 0.3 is 12.2 Å². The van der Waals surface area contributed by atoms with Crippen LogP contribution in [0.3, 0.4) is 0 Å². The van der Waals surface area contributed by atoms with Crippen LogP contribution in [0.15, 0.2) is 48.5 Å². The molecular weight excluding hydrogens is 337 g/mol. The third-order valence-electron chi connectivity index (χ3n) is 3.06. The van der Waals surface area contributed by atoms with E-state index in [9.17, 15) is 18.0 Å². The zero-order chi connectivity index (χ0) is 18.3. The first kappa shape index (κ1) is 18.4. The minimum absolute atomic E-state index is 0.0297. The molecule has 0 atom stereocenters. The molecule has 2 rings (SSSR count). The molecule has 8 heteroatoms. The van der Waals surface area contributed by atoms with Gasteiger partial charge in [0.1, 0.15) is 0 Å². The molecule has 0 fully saturated rings. The van der Waals surface area contributed by atoms with Crippen molar-refractivity contribution in [2.75, 3.05) is 18.7 Å². The van der Waals surface area contributed by atoms with Gasteiger partial charge in [0.25, 0.3) is 0 Å². The summed E-state index contributed by atoms with van der Waals surface area (Å²) < 4.78 is 48.7. The number of benzene rings is 2. The van der Waals surface area contributed by atoms with Gasteiger partial charge in [0.2, 0.25) is 0 Å². The summed E-state index contributed by atoms with van der Waals surface area (Å²) in [6.07, 6.45) is -4.47. The summed E-state index contributed by atoms with van der Waals surface area (Å²) >= 11 is 0. The second-order valence-corrected chi connectivity index (χ2v) is 4.88. The smallest absolute Gasteiger partial charge is 0.416 e. The van der Waals surface area contributed by atoms with Gasteiger partial charge in [-0.25, -0.2) is 4.79 Å². The second kappa shape index (κ2) is 8.27. The van der Waals surface area contributed by atoms with Gasteiger partial charge in [-0.3, -0.25) is 0 Å². The Morgan fingerprint density at radius 1 is 1.04 bits per heavy atom. The minimum Gasteiger partial charge on any atom is -0.490 e. The molecule has 0 aromatic heterocycles. The topological polar surface area (TPSA) is 59.6 Å². The van der Waals surface area contributed by atoms with Crippen LogP contribution in [-0.2, 0) is 6.18 Å². The number of amides is 2. The number of anilines is 1. The molecule has 0 saturated heterocycles. The van der Waals surface area contributed by atoms with Crippen molar-refractivity contribution < 1.29 is 27.4 Å². The van der Waals surface area contributed by atoms with Crippen molar-refractivity contribution in [2.24, 2.45) is 0 Å². The van der Waals surface area contributed by atoms with Crippen LogP contribution >= 0.6 is 0 Å². The summed E-state index contributed by atoms with van der Waals surface area (Å²) in [5.41, 5.74) is -0.811. The Bertz CT molecular complexity index is 720. The number of urea groups is 1. The number of hydrogen-bond acceptors (Lipinski definition) is 3. The molecule has 2 aromatic carbocycles. The molecule has 134 valence electrons. The number of rotatable bonds is 6. The maximum absolute atomic E-state index is 12.6. The number of hydrogen-bond donors (Lipinski definition) is 2. The summed E-state index contributed by atoms with van der Waals surface area (Å²) in [4.78, 5) is 11.8. The van der Waals surface area contributed by atoms with Gasteiger partial charge < -0.3 is 20.1 Å². The standard InChI is InChI=1S/C17H17F3N2O3/c1-2-24-14-8-3-4-9-15(14)25-11-21-16(23)22-13-7-5-6-12(10-13)17(18,19)20/h3-10H,2,11H2,1H3,(H2,21,22,23). The molecule has 0 saturated carbocycles. The van der Waals surface area contributed by atoms with Crippen molar-refractivity contribution in [3.63, 3.8) is 0 Å². The first-order valence-corrected chi connectivity index (χ1v) is 7.47. The minimum atomic E-state index is -4.47. The highest BCUT2D eigenvalue weighted by Gasteiger charge is 2.30. The highest BCUT2D eigenvalue weighted by atomic mass is 19.4. The van der Waals surface area contributed by atoms with Crippen LogP contribution in [0.1, 0.15) is 12.5 Å². The number of nitrogens with one attached hydrogen (secondary N) is 2. The van der Waals surface area contributed by atoms with Gasteiger partial charge in [-0.2, -0.15) is 13.2 Å². The van der Waals surface area contributed by atoms with E-state index in [1.807, 2.05) is 6.92 Å². The number of carbonyl (C=O) groups is 1. The molecule has 5 nitrogen and oxygen atoms in total. The van der Waals surface area contributed by atoms with Crippen LogP contribution < -0.4 is 20.1 Å². The molecule has 0 spiro atoms. The van der Waals surface area contributed by atoms with Gasteiger partial charge in [0.05, 0.1) is 12.2 Å². The molecule has 25 heavy (non-hydrogen) atoms.